The number of fused-ring (bicyclic) bond motifs is 1. The number of nitrogens with one attached hydrogen (secondary N) is 1. The van der Waals surface area contributed by atoms with Crippen LogP contribution in [0.3, 0.4) is 0 Å². The average Bonchev–Trinajstić information content (AvgIpc) is 2.27. The molecule has 0 saturated carbocycles. The number of aromatic amines is 1. The summed E-state index contributed by atoms with van der Waals surface area (Å²) in [5.41, 5.74) is 1.79. The molecule has 51 valence electrons. The molecular formula is C7H7N3Na. The molecule has 4 heteroatoms. The van der Waals surface area contributed by atoms with Crippen LogP contribution in [0, 0.1) is 6.92 Å². The molecule has 11 heavy (non-hydrogen) atoms. The van der Waals surface area contributed by atoms with Gasteiger partial charge in [-0.2, -0.15) is 0 Å². The summed E-state index contributed by atoms with van der Waals surface area (Å²) in [6.45, 7) is 1.92. The van der Waals surface area contributed by atoms with Crippen molar-refractivity contribution in [3.63, 3.8) is 0 Å². The Morgan fingerprint density at radius 1 is 1.45 bits per heavy atom. The SMILES string of the molecule is Cc1nc2ncccc2[nH]1.[Na]. The summed E-state index contributed by atoms with van der Waals surface area (Å²) in [6.07, 6.45) is 1.74. The number of imidazole rings is 1. The number of nitrogens with zero attached hydrogens (tertiary/aromatic N) is 2. The molecule has 2 aromatic heterocycles. The summed E-state index contributed by atoms with van der Waals surface area (Å²) < 4.78 is 0. The number of aromatic nitrogens is 3. The number of rotatable bonds is 0. The van der Waals surface area contributed by atoms with Crippen molar-refractivity contribution in [1.82, 2.24) is 15.0 Å². The van der Waals surface area contributed by atoms with Crippen molar-refractivity contribution < 1.29 is 0 Å². The molecule has 0 fully saturated rings. The second-order valence-electron chi connectivity index (χ2n) is 2.20. The molecule has 2 aromatic rings. The predicted molar refractivity (Wildman–Crippen MR) is 44.4 cm³/mol. The van der Waals surface area contributed by atoms with Crippen LogP contribution < -0.4 is 0 Å². The summed E-state index contributed by atoms with van der Waals surface area (Å²) >= 11 is 0. The molecule has 0 amide bonds. The molecule has 0 aromatic carbocycles. The molecule has 1 N–H and O–H groups in total. The minimum atomic E-state index is 0. The van der Waals surface area contributed by atoms with Crippen LogP contribution in [0.15, 0.2) is 18.3 Å². The molecule has 3 nitrogen and oxygen atoms in total. The molecule has 0 atom stereocenters. The van der Waals surface area contributed by atoms with Gasteiger partial charge in [0.2, 0.25) is 0 Å². The summed E-state index contributed by atoms with van der Waals surface area (Å²) in [5.74, 6) is 0.911. The van der Waals surface area contributed by atoms with Gasteiger partial charge in [-0.15, -0.1) is 0 Å². The van der Waals surface area contributed by atoms with Crippen LogP contribution >= 0.6 is 0 Å². The summed E-state index contributed by atoms with van der Waals surface area (Å²) in [4.78, 5) is 11.3. The van der Waals surface area contributed by atoms with Crippen LogP contribution in [0.2, 0.25) is 0 Å². The van der Waals surface area contributed by atoms with E-state index in [1.807, 2.05) is 19.1 Å². The first-order valence-electron chi connectivity index (χ1n) is 3.13. The zero-order chi connectivity index (χ0) is 6.97. The fraction of sp³-hybridized carbons (Fsp3) is 0.143. The first-order chi connectivity index (χ1) is 4.86. The zero-order valence-corrected chi connectivity index (χ0v) is 8.63. The third-order valence-electron chi connectivity index (χ3n) is 1.38. The maximum absolute atomic E-state index is 4.15. The minimum Gasteiger partial charge on any atom is -0.341 e. The van der Waals surface area contributed by atoms with Gasteiger partial charge in [0.15, 0.2) is 5.65 Å². The van der Waals surface area contributed by atoms with Gasteiger partial charge in [0.25, 0.3) is 0 Å². The second kappa shape index (κ2) is 3.34. The van der Waals surface area contributed by atoms with Crippen molar-refractivity contribution >= 4 is 40.7 Å². The normalized spacial score (nSPS) is 9.55. The fourth-order valence-corrected chi connectivity index (χ4v) is 0.965. The molecule has 0 bridgehead atoms. The topological polar surface area (TPSA) is 41.6 Å². The van der Waals surface area contributed by atoms with Gasteiger partial charge in [-0.05, 0) is 19.1 Å². The number of hydrogen-bond donors (Lipinski definition) is 1. The van der Waals surface area contributed by atoms with E-state index in [1.165, 1.54) is 0 Å². The first kappa shape index (κ1) is 8.71. The molecule has 2 rings (SSSR count). The van der Waals surface area contributed by atoms with E-state index < -0.39 is 0 Å². The van der Waals surface area contributed by atoms with Crippen LogP contribution in [-0.4, -0.2) is 44.5 Å². The Kier molecular flexibility index (Phi) is 2.65. The van der Waals surface area contributed by atoms with Gasteiger partial charge in [-0.1, -0.05) is 0 Å². The van der Waals surface area contributed by atoms with E-state index in [1.54, 1.807) is 6.20 Å². The number of hydrogen-bond acceptors (Lipinski definition) is 2. The second-order valence-corrected chi connectivity index (χ2v) is 2.20. The zero-order valence-electron chi connectivity index (χ0n) is 6.63. The Hall–Kier alpha value is -0.380. The van der Waals surface area contributed by atoms with Crippen molar-refractivity contribution in [3.05, 3.63) is 24.2 Å². The van der Waals surface area contributed by atoms with Gasteiger partial charge in [0, 0.05) is 35.8 Å². The van der Waals surface area contributed by atoms with E-state index in [4.69, 9.17) is 0 Å². The molecule has 1 radical (unpaired) electrons. The molecule has 0 aliphatic heterocycles. The Balaban J connectivity index is 0.000000605. The Labute approximate surface area is 86.5 Å². The van der Waals surface area contributed by atoms with Crippen LogP contribution in [0.25, 0.3) is 11.2 Å². The average molecular weight is 156 g/mol. The van der Waals surface area contributed by atoms with Crippen LogP contribution in [0.4, 0.5) is 0 Å². The molecule has 2 heterocycles. The number of H-pyrrole nitrogens is 1. The van der Waals surface area contributed by atoms with Gasteiger partial charge >= 0.3 is 0 Å². The van der Waals surface area contributed by atoms with Crippen molar-refractivity contribution in [2.24, 2.45) is 0 Å². The van der Waals surface area contributed by atoms with E-state index in [0.29, 0.717) is 0 Å². The fourth-order valence-electron chi connectivity index (χ4n) is 0.965. The summed E-state index contributed by atoms with van der Waals surface area (Å²) in [7, 11) is 0. The Bertz CT molecular complexity index is 322. The van der Waals surface area contributed by atoms with Crippen LogP contribution in [0.5, 0.6) is 0 Å². The minimum absolute atomic E-state index is 0. The summed E-state index contributed by atoms with van der Waals surface area (Å²) in [6, 6.07) is 3.85. The molecule has 0 saturated heterocycles. The monoisotopic (exact) mass is 156 g/mol. The molecule has 0 aliphatic carbocycles. The van der Waals surface area contributed by atoms with Crippen molar-refractivity contribution in [3.8, 4) is 0 Å². The van der Waals surface area contributed by atoms with E-state index in [9.17, 15) is 0 Å². The van der Waals surface area contributed by atoms with Gasteiger partial charge in [-0.25, -0.2) is 9.97 Å². The largest absolute Gasteiger partial charge is 0.341 e. The maximum Gasteiger partial charge on any atom is 0.177 e. The van der Waals surface area contributed by atoms with Gasteiger partial charge < -0.3 is 4.98 Å². The van der Waals surface area contributed by atoms with Gasteiger partial charge in [-0.3, -0.25) is 0 Å². The van der Waals surface area contributed by atoms with Gasteiger partial charge in [0.1, 0.15) is 5.82 Å². The van der Waals surface area contributed by atoms with Crippen molar-refractivity contribution in [2.45, 2.75) is 6.92 Å². The molecule has 0 aliphatic rings. The molecule has 0 unspecified atom stereocenters. The maximum atomic E-state index is 4.15. The smallest absolute Gasteiger partial charge is 0.177 e. The summed E-state index contributed by atoms with van der Waals surface area (Å²) in [5, 5.41) is 0. The standard InChI is InChI=1S/C7H7N3.Na/c1-5-9-6-3-2-4-8-7(6)10-5;/h2-4H,1H3,(H,8,9,10);. The quantitative estimate of drug-likeness (QED) is 0.575. The molecule has 0 spiro atoms. The van der Waals surface area contributed by atoms with Crippen molar-refractivity contribution in [2.75, 3.05) is 0 Å². The third-order valence-corrected chi connectivity index (χ3v) is 1.38. The van der Waals surface area contributed by atoms with Gasteiger partial charge in [0.05, 0.1) is 5.52 Å². The number of aryl methyl sites for hydroxylation is 1. The third kappa shape index (κ3) is 1.61. The van der Waals surface area contributed by atoms with Crippen LogP contribution in [0.1, 0.15) is 5.82 Å². The van der Waals surface area contributed by atoms with E-state index in [-0.39, 0.29) is 29.6 Å². The molecular weight excluding hydrogens is 149 g/mol. The Morgan fingerprint density at radius 2 is 2.27 bits per heavy atom. The van der Waals surface area contributed by atoms with Crippen LogP contribution in [-0.2, 0) is 0 Å². The first-order valence-corrected chi connectivity index (χ1v) is 3.13. The van der Waals surface area contributed by atoms with E-state index >= 15 is 0 Å². The number of pyridine rings is 1. The van der Waals surface area contributed by atoms with E-state index in [0.717, 1.165) is 17.0 Å². The predicted octanol–water partition coefficient (Wildman–Crippen LogP) is 0.886. The Morgan fingerprint density at radius 3 is 3.00 bits per heavy atom. The van der Waals surface area contributed by atoms with E-state index in [2.05, 4.69) is 15.0 Å². The van der Waals surface area contributed by atoms with Crippen molar-refractivity contribution in [1.29, 1.82) is 0 Å².